The van der Waals surface area contributed by atoms with Crippen molar-refractivity contribution in [1.29, 1.82) is 10.5 Å². The summed E-state index contributed by atoms with van der Waals surface area (Å²) in [5.74, 6) is 5.15. The van der Waals surface area contributed by atoms with E-state index >= 15 is 0 Å². The van der Waals surface area contributed by atoms with Crippen molar-refractivity contribution in [2.24, 2.45) is 0 Å². The van der Waals surface area contributed by atoms with Gasteiger partial charge in [0, 0.05) is 45.7 Å². The van der Waals surface area contributed by atoms with E-state index < -0.39 is 0 Å². The number of anilines is 6. The van der Waals surface area contributed by atoms with Crippen molar-refractivity contribution in [1.82, 2.24) is 0 Å². The minimum atomic E-state index is -0.361. The zero-order chi connectivity index (χ0) is 45.6. The number of nitriles is 2. The molecule has 6 aliphatic rings. The molecule has 0 amide bonds. The third-order valence-corrected chi connectivity index (χ3v) is 14.5. The average Bonchev–Trinajstić information content (AvgIpc) is 3.39. The maximum absolute atomic E-state index is 10.7. The molecule has 15 rings (SSSR count). The zero-order valence-corrected chi connectivity index (χ0v) is 36.3. The van der Waals surface area contributed by atoms with Crippen LogP contribution in [0.3, 0.4) is 0 Å². The second-order valence-corrected chi connectivity index (χ2v) is 18.0. The van der Waals surface area contributed by atoms with Crippen molar-refractivity contribution in [3.63, 3.8) is 0 Å². The molecule has 314 valence electrons. The number of rotatable bonds is 2. The van der Waals surface area contributed by atoms with E-state index in [9.17, 15) is 10.5 Å². The molecule has 6 aliphatic heterocycles. The Morgan fingerprint density at radius 1 is 0.377 bits per heavy atom. The van der Waals surface area contributed by atoms with Crippen molar-refractivity contribution in [3.05, 3.63) is 192 Å². The lowest BCUT2D eigenvalue weighted by Gasteiger charge is -2.44. The molecule has 0 unspecified atom stereocenters. The zero-order valence-electron chi connectivity index (χ0n) is 36.3. The summed E-state index contributed by atoms with van der Waals surface area (Å²) >= 11 is 0. The van der Waals surface area contributed by atoms with Crippen molar-refractivity contribution in [2.75, 3.05) is 9.80 Å². The number of para-hydroxylation sites is 4. The predicted molar refractivity (Wildman–Crippen MR) is 272 cm³/mol. The van der Waals surface area contributed by atoms with Crippen LogP contribution in [0.2, 0.25) is 0 Å². The van der Waals surface area contributed by atoms with Crippen LogP contribution in [0.25, 0.3) is 4.85 Å². The van der Waals surface area contributed by atoms with E-state index in [0.717, 1.165) is 94.8 Å². The van der Waals surface area contributed by atoms with Gasteiger partial charge in [0.2, 0.25) is 0 Å². The average molecular weight is 879 g/mol. The topological polar surface area (TPSA) is 95.3 Å². The molecule has 0 bridgehead atoms. The minimum absolute atomic E-state index is 0.245. The summed E-state index contributed by atoms with van der Waals surface area (Å²) in [4.78, 5) is 8.29. The molecule has 0 N–H and O–H groups in total. The molecule has 0 fully saturated rings. The standard InChI is InChI=1S/C57H28B3N5O4/c1-63-34-24-53-57-54(25-34)69-49-29-50-42(27-41(49)59(57)38-17-9-11-19-48(38)67-53)60-40-26-39-43(28-44(40)65(36-14-6-3-7-15-36)46-21-33(31-62)23-52(68-50)56(46)60)64(35-12-4-2-5-13-35)45-20-32(30-61)22-51-55(45)58(39)37-16-8-10-18-47(37)66-51/h2-29H. The van der Waals surface area contributed by atoms with E-state index in [1.165, 1.54) is 0 Å². The van der Waals surface area contributed by atoms with E-state index in [1.807, 2.05) is 97.1 Å². The van der Waals surface area contributed by atoms with E-state index in [-0.39, 0.29) is 20.1 Å². The van der Waals surface area contributed by atoms with Crippen LogP contribution >= 0.6 is 0 Å². The van der Waals surface area contributed by atoms with Gasteiger partial charge in [0.25, 0.3) is 20.1 Å². The Morgan fingerprint density at radius 2 is 0.797 bits per heavy atom. The van der Waals surface area contributed by atoms with E-state index in [1.54, 1.807) is 12.1 Å². The largest absolute Gasteiger partial charge is 0.460 e. The summed E-state index contributed by atoms with van der Waals surface area (Å²) in [5, 5.41) is 21.1. The molecule has 0 atom stereocenters. The molecule has 9 nitrogen and oxygen atoms in total. The van der Waals surface area contributed by atoms with Crippen LogP contribution in [0.4, 0.5) is 39.8 Å². The molecule has 0 spiro atoms. The molecular formula is C57H28B3N5O4. The Kier molecular flexibility index (Phi) is 7.50. The summed E-state index contributed by atoms with van der Waals surface area (Å²) in [6, 6.07) is 61.9. The molecule has 0 aliphatic carbocycles. The molecule has 69 heavy (non-hydrogen) atoms. The lowest BCUT2D eigenvalue weighted by atomic mass is 9.29. The first kappa shape index (κ1) is 37.6. The fourth-order valence-corrected chi connectivity index (χ4v) is 11.8. The van der Waals surface area contributed by atoms with Crippen molar-refractivity contribution < 1.29 is 18.9 Å². The highest BCUT2D eigenvalue weighted by Gasteiger charge is 2.49. The number of benzene rings is 9. The Hall–Kier alpha value is -9.56. The third kappa shape index (κ3) is 5.13. The molecule has 9 aromatic rings. The summed E-state index contributed by atoms with van der Waals surface area (Å²) in [5.41, 5.74) is 15.8. The Bertz CT molecular complexity index is 3960. The number of fused-ring (bicyclic) bond motifs is 12. The SMILES string of the molecule is [C-]#[N+]c1cc2c3c(c1)Oc1cc4c(cc1B3c1ccccc1O2)B1c2cc3c(cc2N(c2ccccc2)c2cc(C#N)cc(c21)O4)N(c1ccccc1)c1cc(C#N)cc2c1B3c1ccccc1O2. The number of hydrogen-bond acceptors (Lipinski definition) is 8. The molecule has 0 saturated heterocycles. The molecule has 12 heteroatoms. The van der Waals surface area contributed by atoms with Crippen molar-refractivity contribution >= 4 is 109 Å². The Labute approximate surface area is 397 Å². The first-order valence-electron chi connectivity index (χ1n) is 22.7. The molecule has 0 saturated carbocycles. The van der Waals surface area contributed by atoms with Gasteiger partial charge in [-0.15, -0.1) is 0 Å². The lowest BCUT2D eigenvalue weighted by molar-refractivity contribution is 0.456. The van der Waals surface area contributed by atoms with Crippen molar-refractivity contribution in [3.8, 4) is 58.1 Å². The van der Waals surface area contributed by atoms with Gasteiger partial charge in [-0.1, -0.05) is 84.9 Å². The van der Waals surface area contributed by atoms with Crippen LogP contribution in [0.5, 0.6) is 46.0 Å². The minimum Gasteiger partial charge on any atom is -0.460 e. The highest BCUT2D eigenvalue weighted by atomic mass is 16.5. The van der Waals surface area contributed by atoms with Crippen LogP contribution in [0, 0.1) is 29.2 Å². The van der Waals surface area contributed by atoms with Gasteiger partial charge >= 0.3 is 0 Å². The number of hydrogen-bond donors (Lipinski definition) is 0. The summed E-state index contributed by atoms with van der Waals surface area (Å²) in [7, 11) is 0. The Balaban J connectivity index is 1.04. The molecule has 0 radical (unpaired) electrons. The van der Waals surface area contributed by atoms with Gasteiger partial charge in [-0.2, -0.15) is 10.5 Å². The van der Waals surface area contributed by atoms with Gasteiger partial charge in [-0.25, -0.2) is 4.85 Å². The molecule has 0 aromatic heterocycles. The third-order valence-electron chi connectivity index (χ3n) is 14.5. The lowest BCUT2D eigenvalue weighted by Crippen LogP contribution is -2.64. The van der Waals surface area contributed by atoms with Crippen LogP contribution in [-0.2, 0) is 0 Å². The quantitative estimate of drug-likeness (QED) is 0.130. The molecule has 6 heterocycles. The predicted octanol–water partition coefficient (Wildman–Crippen LogP) is 7.52. The summed E-state index contributed by atoms with van der Waals surface area (Å²) in [6.45, 7) is 7.04. The van der Waals surface area contributed by atoms with Gasteiger partial charge in [0.1, 0.15) is 46.0 Å². The van der Waals surface area contributed by atoms with Crippen molar-refractivity contribution in [2.45, 2.75) is 0 Å². The first-order valence-corrected chi connectivity index (χ1v) is 22.7. The number of nitrogens with zero attached hydrogens (tertiary/aromatic N) is 5. The van der Waals surface area contributed by atoms with Gasteiger partial charge in [0.15, 0.2) is 5.69 Å². The molecular weight excluding hydrogens is 851 g/mol. The normalized spacial score (nSPS) is 13.8. The summed E-state index contributed by atoms with van der Waals surface area (Å²) < 4.78 is 27.0. The first-order chi connectivity index (χ1) is 34.0. The van der Waals surface area contributed by atoms with Crippen LogP contribution in [0.1, 0.15) is 11.1 Å². The van der Waals surface area contributed by atoms with Crippen LogP contribution < -0.4 is 77.9 Å². The number of ether oxygens (including phenoxy) is 4. The van der Waals surface area contributed by atoms with Gasteiger partial charge in [-0.05, 0) is 123 Å². The van der Waals surface area contributed by atoms with Gasteiger partial charge in [-0.3, -0.25) is 0 Å². The highest BCUT2D eigenvalue weighted by molar-refractivity contribution is 7.03. The maximum atomic E-state index is 10.7. The molecule has 9 aromatic carbocycles. The highest BCUT2D eigenvalue weighted by Crippen LogP contribution is 2.47. The smallest absolute Gasteiger partial charge is 0.260 e. The van der Waals surface area contributed by atoms with Gasteiger partial charge < -0.3 is 28.7 Å². The van der Waals surface area contributed by atoms with Crippen LogP contribution in [0.15, 0.2) is 170 Å². The summed E-state index contributed by atoms with van der Waals surface area (Å²) in [6.07, 6.45) is 0. The fourth-order valence-electron chi connectivity index (χ4n) is 11.8. The maximum Gasteiger partial charge on any atom is 0.260 e. The van der Waals surface area contributed by atoms with E-state index in [0.29, 0.717) is 51.3 Å². The second kappa shape index (κ2) is 13.7. The Morgan fingerprint density at radius 3 is 1.29 bits per heavy atom. The van der Waals surface area contributed by atoms with Crippen LogP contribution in [-0.4, -0.2) is 20.1 Å². The van der Waals surface area contributed by atoms with E-state index in [4.69, 9.17) is 25.5 Å². The fraction of sp³-hybridized carbons (Fsp3) is 0. The van der Waals surface area contributed by atoms with E-state index in [2.05, 4.69) is 87.4 Å². The monoisotopic (exact) mass is 879 g/mol. The van der Waals surface area contributed by atoms with Gasteiger partial charge in [0.05, 0.1) is 29.8 Å². The second-order valence-electron chi connectivity index (χ2n) is 18.0.